The van der Waals surface area contributed by atoms with Crippen molar-refractivity contribution in [2.75, 3.05) is 18.0 Å². The molecule has 1 aliphatic rings. The first-order valence-electron chi connectivity index (χ1n) is 9.02. The average Bonchev–Trinajstić information content (AvgIpc) is 3.06. The predicted octanol–water partition coefficient (Wildman–Crippen LogP) is 3.21. The highest BCUT2D eigenvalue weighted by atomic mass is 19.4. The van der Waals surface area contributed by atoms with Gasteiger partial charge in [0, 0.05) is 19.3 Å². The van der Waals surface area contributed by atoms with E-state index in [-0.39, 0.29) is 17.8 Å². The van der Waals surface area contributed by atoms with Gasteiger partial charge >= 0.3 is 6.18 Å². The van der Waals surface area contributed by atoms with Crippen LogP contribution in [-0.2, 0) is 6.18 Å². The lowest BCUT2D eigenvalue weighted by Crippen LogP contribution is -2.59. The minimum absolute atomic E-state index is 0.168. The zero-order valence-corrected chi connectivity index (χ0v) is 15.5. The molecule has 6 nitrogen and oxygen atoms in total. The summed E-state index contributed by atoms with van der Waals surface area (Å²) < 4.78 is 40.2. The molecule has 0 bridgehead atoms. The van der Waals surface area contributed by atoms with E-state index in [0.29, 0.717) is 24.3 Å². The Balaban J connectivity index is 1.39. The number of carbonyl (C=O) groups excluding carboxylic acids is 1. The van der Waals surface area contributed by atoms with Crippen molar-refractivity contribution in [3.8, 4) is 5.69 Å². The third-order valence-electron chi connectivity index (χ3n) is 4.87. The summed E-state index contributed by atoms with van der Waals surface area (Å²) in [6.45, 7) is 2.60. The predicted molar refractivity (Wildman–Crippen MR) is 101 cm³/mol. The van der Waals surface area contributed by atoms with E-state index in [4.69, 9.17) is 0 Å². The molecule has 1 aromatic carbocycles. The smallest absolute Gasteiger partial charge is 0.352 e. The number of benzene rings is 1. The van der Waals surface area contributed by atoms with Crippen molar-refractivity contribution in [1.29, 1.82) is 0 Å². The van der Waals surface area contributed by atoms with Crippen LogP contribution in [0.3, 0.4) is 0 Å². The molecule has 4 rings (SSSR count). The summed E-state index contributed by atoms with van der Waals surface area (Å²) in [5, 5.41) is 7.18. The second kappa shape index (κ2) is 7.23. The molecule has 0 saturated carbocycles. The summed E-state index contributed by atoms with van der Waals surface area (Å²) >= 11 is 0. The standard InChI is InChI=1S/C20H18F3N5O/c1-13-17(10-25-28(13)16-5-3-2-4-6-16)19(29)26-15-11-27(12-15)18-9-14(7-8-24-18)20(21,22)23/h2-10,15H,11-12H2,1H3,(H,26,29). The molecule has 0 aliphatic carbocycles. The van der Waals surface area contributed by atoms with Gasteiger partial charge in [-0.1, -0.05) is 18.2 Å². The van der Waals surface area contributed by atoms with Crippen LogP contribution >= 0.6 is 0 Å². The average molecular weight is 401 g/mol. The number of anilines is 1. The number of alkyl halides is 3. The molecule has 1 saturated heterocycles. The van der Waals surface area contributed by atoms with Crippen LogP contribution in [0.25, 0.3) is 5.69 Å². The van der Waals surface area contributed by atoms with E-state index < -0.39 is 11.7 Å². The summed E-state index contributed by atoms with van der Waals surface area (Å²) in [6, 6.07) is 11.3. The van der Waals surface area contributed by atoms with Gasteiger partial charge in [0.2, 0.25) is 0 Å². The molecule has 0 atom stereocenters. The third-order valence-corrected chi connectivity index (χ3v) is 4.87. The van der Waals surface area contributed by atoms with Crippen molar-refractivity contribution in [2.24, 2.45) is 0 Å². The topological polar surface area (TPSA) is 63.1 Å². The van der Waals surface area contributed by atoms with Gasteiger partial charge in [-0.25, -0.2) is 9.67 Å². The summed E-state index contributed by atoms with van der Waals surface area (Å²) in [7, 11) is 0. The maximum absolute atomic E-state index is 12.8. The van der Waals surface area contributed by atoms with Gasteiger partial charge in [-0.15, -0.1) is 0 Å². The number of nitrogens with one attached hydrogen (secondary N) is 1. The van der Waals surface area contributed by atoms with E-state index in [2.05, 4.69) is 15.4 Å². The van der Waals surface area contributed by atoms with Crippen LogP contribution in [0.5, 0.6) is 0 Å². The van der Waals surface area contributed by atoms with Crippen molar-refractivity contribution < 1.29 is 18.0 Å². The van der Waals surface area contributed by atoms with E-state index in [1.54, 1.807) is 9.58 Å². The minimum Gasteiger partial charge on any atom is -0.352 e. The molecular formula is C20H18F3N5O. The van der Waals surface area contributed by atoms with Crippen LogP contribution in [0.1, 0.15) is 21.6 Å². The molecule has 0 unspecified atom stereocenters. The molecule has 29 heavy (non-hydrogen) atoms. The lowest BCUT2D eigenvalue weighted by Gasteiger charge is -2.40. The second-order valence-electron chi connectivity index (χ2n) is 6.87. The maximum Gasteiger partial charge on any atom is 0.416 e. The van der Waals surface area contributed by atoms with Gasteiger partial charge in [0.15, 0.2) is 0 Å². The SMILES string of the molecule is Cc1c(C(=O)NC2CN(c3cc(C(F)(F)F)ccn3)C2)cnn1-c1ccccc1. The number of halogens is 3. The molecule has 150 valence electrons. The molecule has 3 heterocycles. The van der Waals surface area contributed by atoms with Crippen LogP contribution in [0, 0.1) is 6.92 Å². The zero-order valence-electron chi connectivity index (χ0n) is 15.5. The Labute approximate surface area is 165 Å². The maximum atomic E-state index is 12.8. The van der Waals surface area contributed by atoms with Crippen molar-refractivity contribution in [3.63, 3.8) is 0 Å². The number of hydrogen-bond donors (Lipinski definition) is 1. The van der Waals surface area contributed by atoms with Crippen molar-refractivity contribution >= 4 is 11.7 Å². The van der Waals surface area contributed by atoms with Crippen LogP contribution in [0.4, 0.5) is 19.0 Å². The Morgan fingerprint density at radius 1 is 1.17 bits per heavy atom. The Kier molecular flexibility index (Phi) is 4.73. The number of carbonyl (C=O) groups is 1. The highest BCUT2D eigenvalue weighted by Gasteiger charge is 2.34. The number of para-hydroxylation sites is 1. The second-order valence-corrected chi connectivity index (χ2v) is 6.87. The fourth-order valence-electron chi connectivity index (χ4n) is 3.25. The summed E-state index contributed by atoms with van der Waals surface area (Å²) in [5.41, 5.74) is 1.29. The largest absolute Gasteiger partial charge is 0.416 e. The minimum atomic E-state index is -4.41. The first-order valence-corrected chi connectivity index (χ1v) is 9.02. The Morgan fingerprint density at radius 3 is 2.59 bits per heavy atom. The molecular weight excluding hydrogens is 383 g/mol. The number of hydrogen-bond acceptors (Lipinski definition) is 4. The number of nitrogens with zero attached hydrogens (tertiary/aromatic N) is 4. The molecule has 1 fully saturated rings. The third kappa shape index (κ3) is 3.80. The molecule has 1 amide bonds. The molecule has 1 aliphatic heterocycles. The van der Waals surface area contributed by atoms with E-state index >= 15 is 0 Å². The van der Waals surface area contributed by atoms with Crippen molar-refractivity contribution in [2.45, 2.75) is 19.1 Å². The molecule has 2 aromatic heterocycles. The Hall–Kier alpha value is -3.36. The number of amides is 1. The number of rotatable bonds is 4. The lowest BCUT2D eigenvalue weighted by atomic mass is 10.1. The fourth-order valence-corrected chi connectivity index (χ4v) is 3.25. The number of aromatic nitrogens is 3. The van der Waals surface area contributed by atoms with E-state index in [1.807, 2.05) is 37.3 Å². The summed E-state index contributed by atoms with van der Waals surface area (Å²) in [5.74, 6) is -0.00951. The van der Waals surface area contributed by atoms with Gasteiger partial charge in [-0.2, -0.15) is 18.3 Å². The first kappa shape index (κ1) is 19.0. The highest BCUT2D eigenvalue weighted by molar-refractivity contribution is 5.95. The number of pyridine rings is 1. The Bertz CT molecular complexity index is 1030. The Morgan fingerprint density at radius 2 is 1.90 bits per heavy atom. The first-order chi connectivity index (χ1) is 13.8. The molecule has 0 radical (unpaired) electrons. The van der Waals surface area contributed by atoms with Crippen molar-refractivity contribution in [1.82, 2.24) is 20.1 Å². The van der Waals surface area contributed by atoms with Gasteiger partial charge in [0.1, 0.15) is 5.82 Å². The zero-order chi connectivity index (χ0) is 20.6. The van der Waals surface area contributed by atoms with E-state index in [9.17, 15) is 18.0 Å². The van der Waals surface area contributed by atoms with E-state index in [1.165, 1.54) is 6.20 Å². The monoisotopic (exact) mass is 401 g/mol. The summed E-state index contributed by atoms with van der Waals surface area (Å²) in [6.07, 6.45) is -1.75. The van der Waals surface area contributed by atoms with E-state index in [0.717, 1.165) is 24.0 Å². The molecule has 1 N–H and O–H groups in total. The van der Waals surface area contributed by atoms with Crippen LogP contribution in [0.2, 0.25) is 0 Å². The molecule has 3 aromatic rings. The van der Waals surface area contributed by atoms with Crippen LogP contribution in [0.15, 0.2) is 54.9 Å². The van der Waals surface area contributed by atoms with Gasteiger partial charge < -0.3 is 10.2 Å². The fraction of sp³-hybridized carbons (Fsp3) is 0.250. The van der Waals surface area contributed by atoms with Crippen LogP contribution < -0.4 is 10.2 Å². The van der Waals surface area contributed by atoms with Gasteiger partial charge in [0.25, 0.3) is 5.91 Å². The van der Waals surface area contributed by atoms with Gasteiger partial charge in [0.05, 0.1) is 34.7 Å². The van der Waals surface area contributed by atoms with Crippen molar-refractivity contribution in [3.05, 3.63) is 71.7 Å². The van der Waals surface area contributed by atoms with Gasteiger partial charge in [-0.3, -0.25) is 4.79 Å². The molecule has 0 spiro atoms. The highest BCUT2D eigenvalue weighted by Crippen LogP contribution is 2.31. The lowest BCUT2D eigenvalue weighted by molar-refractivity contribution is -0.137. The quantitative estimate of drug-likeness (QED) is 0.729. The normalized spacial score (nSPS) is 14.6. The summed E-state index contributed by atoms with van der Waals surface area (Å²) in [4.78, 5) is 18.3. The van der Waals surface area contributed by atoms with Crippen LogP contribution in [-0.4, -0.2) is 39.8 Å². The van der Waals surface area contributed by atoms with Gasteiger partial charge in [-0.05, 0) is 31.2 Å². The molecule has 9 heteroatoms.